The lowest BCUT2D eigenvalue weighted by Crippen LogP contribution is -2.40. The highest BCUT2D eigenvalue weighted by Crippen LogP contribution is 2.27. The van der Waals surface area contributed by atoms with Crippen molar-refractivity contribution in [3.63, 3.8) is 0 Å². The summed E-state index contributed by atoms with van der Waals surface area (Å²) in [4.78, 5) is 11.0. The van der Waals surface area contributed by atoms with E-state index >= 15 is 0 Å². The van der Waals surface area contributed by atoms with Crippen molar-refractivity contribution in [3.05, 3.63) is 0 Å². The van der Waals surface area contributed by atoms with Crippen molar-refractivity contribution in [2.24, 2.45) is 5.73 Å². The molecule has 0 aromatic heterocycles. The number of nitrogens with two attached hydrogens (primary N) is 1. The molecular formula is C5H9N3OS. The minimum absolute atomic E-state index is 0.0417. The van der Waals surface area contributed by atoms with Gasteiger partial charge in [-0.25, -0.2) is 10.9 Å². The standard InChI is InChI=1S/C5H9N3OS/c6-5-4-3(7-8-5)2(9)1-10-4/h3-5,7-8H,1,6H2/t3-,4-,5-/m0/s1. The zero-order valence-corrected chi connectivity index (χ0v) is 6.15. The van der Waals surface area contributed by atoms with Gasteiger partial charge in [-0.2, -0.15) is 0 Å². The molecule has 2 aliphatic heterocycles. The van der Waals surface area contributed by atoms with Gasteiger partial charge >= 0.3 is 0 Å². The van der Waals surface area contributed by atoms with Crippen molar-refractivity contribution in [2.75, 3.05) is 5.75 Å². The second kappa shape index (κ2) is 2.20. The van der Waals surface area contributed by atoms with E-state index in [4.69, 9.17) is 5.73 Å². The van der Waals surface area contributed by atoms with Crippen LogP contribution in [0.4, 0.5) is 0 Å². The second-order valence-corrected chi connectivity index (χ2v) is 3.70. The first kappa shape index (κ1) is 6.60. The van der Waals surface area contributed by atoms with Crippen LogP contribution in [0.25, 0.3) is 0 Å². The molecule has 2 fully saturated rings. The molecular weight excluding hydrogens is 150 g/mol. The van der Waals surface area contributed by atoms with Crippen LogP contribution < -0.4 is 16.6 Å². The summed E-state index contributed by atoms with van der Waals surface area (Å²) < 4.78 is 0. The Bertz CT molecular complexity index is 174. The number of fused-ring (bicyclic) bond motifs is 1. The van der Waals surface area contributed by atoms with Gasteiger partial charge in [0.05, 0.1) is 23.2 Å². The molecule has 4 N–H and O–H groups in total. The van der Waals surface area contributed by atoms with Gasteiger partial charge in [-0.1, -0.05) is 0 Å². The highest BCUT2D eigenvalue weighted by Gasteiger charge is 2.43. The number of hydrazine groups is 1. The third kappa shape index (κ3) is 0.784. The predicted octanol–water partition coefficient (Wildman–Crippen LogP) is -1.57. The van der Waals surface area contributed by atoms with Gasteiger partial charge in [-0.05, 0) is 0 Å². The number of carbonyl (C=O) groups excluding carboxylic acids is 1. The molecule has 10 heavy (non-hydrogen) atoms. The summed E-state index contributed by atoms with van der Waals surface area (Å²) in [5.74, 6) is 0.869. The number of nitrogens with one attached hydrogen (secondary N) is 2. The van der Waals surface area contributed by atoms with Crippen molar-refractivity contribution in [2.45, 2.75) is 17.5 Å². The molecule has 2 saturated heterocycles. The maximum absolute atomic E-state index is 11.0. The van der Waals surface area contributed by atoms with Gasteiger partial charge in [-0.3, -0.25) is 4.79 Å². The summed E-state index contributed by atoms with van der Waals surface area (Å²) in [5, 5.41) is 0.243. The third-order valence-corrected chi connectivity index (χ3v) is 3.25. The summed E-state index contributed by atoms with van der Waals surface area (Å²) in [6.07, 6.45) is -0.0681. The number of hydrogen-bond donors (Lipinski definition) is 3. The van der Waals surface area contributed by atoms with E-state index in [1.807, 2.05) is 0 Å². The van der Waals surface area contributed by atoms with Crippen LogP contribution in [0.15, 0.2) is 0 Å². The molecule has 0 bridgehead atoms. The average molecular weight is 159 g/mol. The smallest absolute Gasteiger partial charge is 0.162 e. The van der Waals surface area contributed by atoms with Crippen LogP contribution >= 0.6 is 11.8 Å². The molecule has 0 amide bonds. The van der Waals surface area contributed by atoms with E-state index in [0.717, 1.165) is 0 Å². The fourth-order valence-corrected chi connectivity index (χ4v) is 2.51. The first-order valence-corrected chi connectivity index (χ1v) is 4.25. The molecule has 0 aromatic rings. The average Bonchev–Trinajstić information content (AvgIpc) is 2.41. The Morgan fingerprint density at radius 2 is 2.40 bits per heavy atom. The third-order valence-electron chi connectivity index (χ3n) is 1.85. The maximum Gasteiger partial charge on any atom is 0.162 e. The molecule has 56 valence electrons. The van der Waals surface area contributed by atoms with Gasteiger partial charge in [0, 0.05) is 0 Å². The van der Waals surface area contributed by atoms with E-state index in [2.05, 4.69) is 10.9 Å². The highest BCUT2D eigenvalue weighted by molar-refractivity contribution is 8.01. The predicted molar refractivity (Wildman–Crippen MR) is 39.3 cm³/mol. The largest absolute Gasteiger partial charge is 0.314 e. The van der Waals surface area contributed by atoms with Crippen molar-refractivity contribution >= 4 is 17.5 Å². The Morgan fingerprint density at radius 3 is 3.10 bits per heavy atom. The molecule has 0 saturated carbocycles. The van der Waals surface area contributed by atoms with Gasteiger partial charge < -0.3 is 5.73 Å². The number of rotatable bonds is 0. The lowest BCUT2D eigenvalue weighted by Gasteiger charge is -2.07. The number of hydrogen-bond acceptors (Lipinski definition) is 5. The molecule has 3 atom stereocenters. The Hall–Kier alpha value is -0.100. The Labute approximate surface area is 62.9 Å². The van der Waals surface area contributed by atoms with Crippen molar-refractivity contribution in [1.82, 2.24) is 10.9 Å². The number of thioether (sulfide) groups is 1. The monoisotopic (exact) mass is 159 g/mol. The van der Waals surface area contributed by atoms with E-state index in [9.17, 15) is 4.79 Å². The lowest BCUT2D eigenvalue weighted by atomic mass is 10.1. The Balaban J connectivity index is 2.16. The quantitative estimate of drug-likeness (QED) is 0.398. The molecule has 2 heterocycles. The van der Waals surface area contributed by atoms with Crippen LogP contribution in [-0.2, 0) is 4.79 Å². The van der Waals surface area contributed by atoms with Gasteiger partial charge in [-0.15, -0.1) is 11.8 Å². The molecule has 2 aliphatic rings. The number of carbonyl (C=O) groups is 1. The SMILES string of the molecule is N[C@H]1NN[C@H]2C(=O)CS[C@H]12. The molecule has 0 spiro atoms. The van der Waals surface area contributed by atoms with Gasteiger partial charge in [0.15, 0.2) is 5.78 Å². The molecule has 0 aliphatic carbocycles. The van der Waals surface area contributed by atoms with E-state index in [1.54, 1.807) is 11.8 Å². The molecule has 0 unspecified atom stereocenters. The van der Waals surface area contributed by atoms with E-state index in [-0.39, 0.29) is 23.2 Å². The number of ketones is 1. The Morgan fingerprint density at radius 1 is 1.60 bits per heavy atom. The van der Waals surface area contributed by atoms with E-state index in [1.165, 1.54) is 0 Å². The topological polar surface area (TPSA) is 67.2 Å². The zero-order valence-electron chi connectivity index (χ0n) is 5.33. The summed E-state index contributed by atoms with van der Waals surface area (Å²) in [5.41, 5.74) is 11.3. The summed E-state index contributed by atoms with van der Waals surface area (Å²) >= 11 is 1.63. The van der Waals surface area contributed by atoms with E-state index in [0.29, 0.717) is 5.75 Å². The fraction of sp³-hybridized carbons (Fsp3) is 0.800. The molecule has 5 heteroatoms. The summed E-state index contributed by atoms with van der Waals surface area (Å²) in [7, 11) is 0. The van der Waals surface area contributed by atoms with Gasteiger partial charge in [0.2, 0.25) is 0 Å². The second-order valence-electron chi connectivity index (χ2n) is 2.53. The van der Waals surface area contributed by atoms with Crippen molar-refractivity contribution < 1.29 is 4.79 Å². The first-order chi connectivity index (χ1) is 4.79. The van der Waals surface area contributed by atoms with Crippen LogP contribution in [0.2, 0.25) is 0 Å². The summed E-state index contributed by atoms with van der Waals surface area (Å²) in [6.45, 7) is 0. The van der Waals surface area contributed by atoms with Crippen molar-refractivity contribution in [1.29, 1.82) is 0 Å². The van der Waals surface area contributed by atoms with Gasteiger partial charge in [0.1, 0.15) is 0 Å². The zero-order chi connectivity index (χ0) is 7.14. The fourth-order valence-electron chi connectivity index (χ4n) is 1.29. The van der Waals surface area contributed by atoms with Crippen LogP contribution in [0, 0.1) is 0 Å². The highest BCUT2D eigenvalue weighted by atomic mass is 32.2. The minimum atomic E-state index is -0.0681. The van der Waals surface area contributed by atoms with Crippen molar-refractivity contribution in [3.8, 4) is 0 Å². The number of Topliss-reactive ketones (excluding diaryl/α,β-unsaturated/α-hetero) is 1. The molecule has 4 nitrogen and oxygen atoms in total. The van der Waals surface area contributed by atoms with E-state index < -0.39 is 0 Å². The summed E-state index contributed by atoms with van der Waals surface area (Å²) in [6, 6.07) is -0.0417. The maximum atomic E-state index is 11.0. The first-order valence-electron chi connectivity index (χ1n) is 3.20. The van der Waals surface area contributed by atoms with Crippen LogP contribution in [0.5, 0.6) is 0 Å². The molecule has 0 aromatic carbocycles. The van der Waals surface area contributed by atoms with Crippen LogP contribution in [0.1, 0.15) is 0 Å². The van der Waals surface area contributed by atoms with Gasteiger partial charge in [0.25, 0.3) is 0 Å². The minimum Gasteiger partial charge on any atom is -0.314 e. The lowest BCUT2D eigenvalue weighted by molar-refractivity contribution is -0.117. The normalized spacial score (nSPS) is 46.1. The van der Waals surface area contributed by atoms with Crippen LogP contribution in [-0.4, -0.2) is 29.0 Å². The Kier molecular flexibility index (Phi) is 1.45. The van der Waals surface area contributed by atoms with Crippen LogP contribution in [0.3, 0.4) is 0 Å². The molecule has 2 rings (SSSR count). The molecule has 0 radical (unpaired) electrons.